The molecule has 5 heteroatoms. The number of methoxy groups -OCH3 is 2. The standard InChI is InChI=1S/C37H53NO4/c1-28(12-8-18-35(39)42-4)37(33-16-6-5-7-17-33)23-10-15-32(26-30-13-9-14-30)29(2)36(40)38(25-11-24-37)27-31-19-21-34(41-3)22-20-31/h5-7,16-17,19-22,28-30,32H,8-15,18,23-27H2,1-4H3/t28?,29?,32?,37-/m0/s1. The summed E-state index contributed by atoms with van der Waals surface area (Å²) in [6.45, 7) is 5.98. The van der Waals surface area contributed by atoms with Gasteiger partial charge in [-0.25, -0.2) is 0 Å². The van der Waals surface area contributed by atoms with Crippen LogP contribution in [0, 0.1) is 23.7 Å². The van der Waals surface area contributed by atoms with Crippen molar-refractivity contribution < 1.29 is 19.1 Å². The molecular formula is C37H53NO4. The molecule has 4 rings (SSSR count). The van der Waals surface area contributed by atoms with Crippen LogP contribution in [0.1, 0.15) is 102 Å². The van der Waals surface area contributed by atoms with Gasteiger partial charge in [-0.3, -0.25) is 9.59 Å². The Bertz CT molecular complexity index is 1110. The van der Waals surface area contributed by atoms with Gasteiger partial charge in [-0.1, -0.05) is 82.0 Å². The molecule has 2 aromatic carbocycles. The minimum atomic E-state index is -0.126. The molecule has 3 unspecified atom stereocenters. The highest BCUT2D eigenvalue weighted by Gasteiger charge is 2.39. The predicted octanol–water partition coefficient (Wildman–Crippen LogP) is 8.35. The van der Waals surface area contributed by atoms with Gasteiger partial charge in [0.2, 0.25) is 5.91 Å². The minimum absolute atomic E-state index is 0.0147. The molecule has 0 aromatic heterocycles. The molecule has 0 N–H and O–H groups in total. The molecule has 1 amide bonds. The van der Waals surface area contributed by atoms with E-state index in [1.807, 2.05) is 12.1 Å². The Kier molecular flexibility index (Phi) is 11.9. The highest BCUT2D eigenvalue weighted by molar-refractivity contribution is 5.78. The van der Waals surface area contributed by atoms with Crippen LogP contribution in [0.25, 0.3) is 0 Å². The SMILES string of the molecule is COC(=O)CCCC(C)[C@]1(c2ccccc2)CCCC(CC2CCC2)C(C)C(=O)N(Cc2ccc(OC)cc2)CCC1. The molecule has 2 aliphatic rings. The van der Waals surface area contributed by atoms with E-state index in [2.05, 4.69) is 61.2 Å². The van der Waals surface area contributed by atoms with Crippen molar-refractivity contribution in [1.29, 1.82) is 0 Å². The Balaban J connectivity index is 1.62. The number of amides is 1. The Morgan fingerprint density at radius 3 is 2.33 bits per heavy atom. The zero-order valence-corrected chi connectivity index (χ0v) is 26.5. The van der Waals surface area contributed by atoms with Crippen LogP contribution in [-0.4, -0.2) is 37.5 Å². The van der Waals surface area contributed by atoms with Gasteiger partial charge in [0.15, 0.2) is 0 Å². The van der Waals surface area contributed by atoms with Gasteiger partial charge < -0.3 is 14.4 Å². The number of rotatable bonds is 11. The number of benzene rings is 2. The molecule has 2 fully saturated rings. The molecule has 1 saturated heterocycles. The third kappa shape index (κ3) is 8.17. The molecule has 1 heterocycles. The molecule has 0 spiro atoms. The number of carbonyl (C=O) groups is 2. The Morgan fingerprint density at radius 1 is 0.976 bits per heavy atom. The maximum absolute atomic E-state index is 14.2. The van der Waals surface area contributed by atoms with Gasteiger partial charge in [-0.15, -0.1) is 0 Å². The third-order valence-electron chi connectivity index (χ3n) is 10.6. The minimum Gasteiger partial charge on any atom is -0.497 e. The quantitative estimate of drug-likeness (QED) is 0.253. The highest BCUT2D eigenvalue weighted by atomic mass is 16.5. The molecule has 230 valence electrons. The van der Waals surface area contributed by atoms with Crippen molar-refractivity contribution in [2.75, 3.05) is 20.8 Å². The molecule has 5 nitrogen and oxygen atoms in total. The fraction of sp³-hybridized carbons (Fsp3) is 0.622. The second-order valence-electron chi connectivity index (χ2n) is 13.1. The lowest BCUT2D eigenvalue weighted by Crippen LogP contribution is -2.39. The molecule has 0 radical (unpaired) electrons. The largest absolute Gasteiger partial charge is 0.497 e. The van der Waals surface area contributed by atoms with Gasteiger partial charge in [0.05, 0.1) is 14.2 Å². The van der Waals surface area contributed by atoms with Crippen LogP contribution in [0.4, 0.5) is 0 Å². The van der Waals surface area contributed by atoms with E-state index in [-0.39, 0.29) is 17.3 Å². The molecule has 0 bridgehead atoms. The zero-order valence-electron chi connectivity index (χ0n) is 26.5. The van der Waals surface area contributed by atoms with E-state index in [4.69, 9.17) is 9.47 Å². The summed E-state index contributed by atoms with van der Waals surface area (Å²) in [6, 6.07) is 19.2. The lowest BCUT2D eigenvalue weighted by atomic mass is 9.63. The van der Waals surface area contributed by atoms with Crippen molar-refractivity contribution in [2.24, 2.45) is 23.7 Å². The second-order valence-corrected chi connectivity index (χ2v) is 13.1. The molecule has 42 heavy (non-hydrogen) atoms. The first-order valence-corrected chi connectivity index (χ1v) is 16.4. The number of hydrogen-bond acceptors (Lipinski definition) is 4. The smallest absolute Gasteiger partial charge is 0.305 e. The van der Waals surface area contributed by atoms with Crippen molar-refractivity contribution in [1.82, 2.24) is 4.90 Å². The van der Waals surface area contributed by atoms with E-state index in [0.717, 1.165) is 68.7 Å². The van der Waals surface area contributed by atoms with Crippen LogP contribution in [0.5, 0.6) is 5.75 Å². The molecule has 1 saturated carbocycles. The van der Waals surface area contributed by atoms with Gasteiger partial charge in [0.25, 0.3) is 0 Å². The van der Waals surface area contributed by atoms with Gasteiger partial charge in [0.1, 0.15) is 5.75 Å². The Morgan fingerprint density at radius 2 is 1.69 bits per heavy atom. The average molecular weight is 576 g/mol. The summed E-state index contributed by atoms with van der Waals surface area (Å²) in [5.41, 5.74) is 2.57. The van der Waals surface area contributed by atoms with E-state index in [1.54, 1.807) is 7.11 Å². The van der Waals surface area contributed by atoms with Crippen molar-refractivity contribution >= 4 is 11.9 Å². The first-order chi connectivity index (χ1) is 20.4. The van der Waals surface area contributed by atoms with E-state index in [9.17, 15) is 9.59 Å². The van der Waals surface area contributed by atoms with Crippen LogP contribution in [-0.2, 0) is 26.3 Å². The van der Waals surface area contributed by atoms with E-state index < -0.39 is 0 Å². The first kappa shape index (κ1) is 32.1. The van der Waals surface area contributed by atoms with E-state index in [0.29, 0.717) is 30.7 Å². The summed E-state index contributed by atoms with van der Waals surface area (Å²) < 4.78 is 10.3. The topological polar surface area (TPSA) is 55.8 Å². The normalized spacial score (nSPS) is 24.8. The summed E-state index contributed by atoms with van der Waals surface area (Å²) in [5, 5.41) is 0. The molecular weight excluding hydrogens is 522 g/mol. The number of ether oxygens (including phenoxy) is 2. The number of esters is 1. The average Bonchev–Trinajstić information content (AvgIpc) is 3.01. The van der Waals surface area contributed by atoms with Gasteiger partial charge in [-0.2, -0.15) is 0 Å². The summed E-state index contributed by atoms with van der Waals surface area (Å²) in [7, 11) is 3.16. The number of hydrogen-bond donors (Lipinski definition) is 0. The lowest BCUT2D eigenvalue weighted by molar-refractivity contribution is -0.141. The summed E-state index contributed by atoms with van der Waals surface area (Å²) >= 11 is 0. The fourth-order valence-corrected chi connectivity index (χ4v) is 7.59. The monoisotopic (exact) mass is 575 g/mol. The second kappa shape index (κ2) is 15.6. The van der Waals surface area contributed by atoms with Crippen LogP contribution in [0.3, 0.4) is 0 Å². The molecule has 4 atom stereocenters. The molecule has 1 aliphatic heterocycles. The molecule has 1 aliphatic carbocycles. The number of carbonyl (C=O) groups excluding carboxylic acids is 2. The maximum Gasteiger partial charge on any atom is 0.305 e. The zero-order chi connectivity index (χ0) is 30.0. The van der Waals surface area contributed by atoms with Crippen molar-refractivity contribution in [3.8, 4) is 5.75 Å². The van der Waals surface area contributed by atoms with Crippen LogP contribution in [0.15, 0.2) is 54.6 Å². The maximum atomic E-state index is 14.2. The Labute approximate surface area is 254 Å². The van der Waals surface area contributed by atoms with Crippen molar-refractivity contribution in [3.05, 3.63) is 65.7 Å². The van der Waals surface area contributed by atoms with Gasteiger partial charge in [0, 0.05) is 25.4 Å². The van der Waals surface area contributed by atoms with Gasteiger partial charge >= 0.3 is 5.97 Å². The lowest BCUT2D eigenvalue weighted by Gasteiger charge is -2.41. The van der Waals surface area contributed by atoms with Crippen LogP contribution >= 0.6 is 0 Å². The Hall–Kier alpha value is -2.82. The first-order valence-electron chi connectivity index (χ1n) is 16.4. The summed E-state index contributed by atoms with van der Waals surface area (Å²) in [6.07, 6.45) is 12.8. The fourth-order valence-electron chi connectivity index (χ4n) is 7.59. The van der Waals surface area contributed by atoms with E-state index in [1.165, 1.54) is 38.4 Å². The van der Waals surface area contributed by atoms with Gasteiger partial charge in [-0.05, 0) is 91.4 Å². The van der Waals surface area contributed by atoms with Crippen LogP contribution in [0.2, 0.25) is 0 Å². The van der Waals surface area contributed by atoms with Crippen molar-refractivity contribution in [2.45, 2.75) is 103 Å². The number of nitrogens with zero attached hydrogens (tertiary/aromatic N) is 1. The van der Waals surface area contributed by atoms with E-state index >= 15 is 0 Å². The summed E-state index contributed by atoms with van der Waals surface area (Å²) in [5.74, 6) is 2.67. The third-order valence-corrected chi connectivity index (χ3v) is 10.6. The van der Waals surface area contributed by atoms with Crippen LogP contribution < -0.4 is 4.74 Å². The summed E-state index contributed by atoms with van der Waals surface area (Å²) in [4.78, 5) is 28.2. The predicted molar refractivity (Wildman–Crippen MR) is 169 cm³/mol. The van der Waals surface area contributed by atoms with Crippen molar-refractivity contribution in [3.63, 3.8) is 0 Å². The molecule has 2 aromatic rings. The highest BCUT2D eigenvalue weighted by Crippen LogP contribution is 2.46.